The number of anilines is 6. The van der Waals surface area contributed by atoms with E-state index in [0.29, 0.717) is 0 Å². The number of hydrogen-bond acceptors (Lipinski definition) is 7. The van der Waals surface area contributed by atoms with Crippen molar-refractivity contribution < 1.29 is 0 Å². The van der Waals surface area contributed by atoms with Crippen molar-refractivity contribution >= 4 is 34.1 Å². The third-order valence-electron chi connectivity index (χ3n) is 10.9. The molecule has 0 amide bonds. The smallest absolute Gasteiger partial charge is 0.159 e. The molecule has 0 bridgehead atoms. The molecule has 0 atom stereocenters. The molecule has 7 nitrogen and oxygen atoms in total. The summed E-state index contributed by atoms with van der Waals surface area (Å²) in [4.78, 5) is 25.9. The molecule has 0 radical (unpaired) electrons. The zero-order chi connectivity index (χ0) is 43.5. The van der Waals surface area contributed by atoms with Crippen LogP contribution in [-0.2, 0) is 0 Å². The summed E-state index contributed by atoms with van der Waals surface area (Å²) in [6, 6.07) is 67.3. The molecule has 0 unspecified atom stereocenters. The van der Waals surface area contributed by atoms with E-state index in [4.69, 9.17) is 0 Å². The molecule has 4 heterocycles. The Morgan fingerprint density at radius 1 is 0.266 bits per heavy atom. The van der Waals surface area contributed by atoms with E-state index < -0.39 is 0 Å². The van der Waals surface area contributed by atoms with Gasteiger partial charge in [-0.2, -0.15) is 0 Å². The molecule has 64 heavy (non-hydrogen) atoms. The van der Waals surface area contributed by atoms with E-state index in [1.807, 2.05) is 79.5 Å². The molecule has 308 valence electrons. The molecule has 0 N–H and O–H groups in total. The van der Waals surface area contributed by atoms with Crippen molar-refractivity contribution in [2.75, 3.05) is 9.80 Å². The van der Waals surface area contributed by atoms with Crippen molar-refractivity contribution in [1.29, 1.82) is 0 Å². The van der Waals surface area contributed by atoms with Crippen molar-refractivity contribution in [1.82, 2.24) is 24.9 Å². The maximum Gasteiger partial charge on any atom is 0.159 e. The molecule has 0 aliphatic rings. The first kappa shape index (κ1) is 40.8. The van der Waals surface area contributed by atoms with Crippen molar-refractivity contribution in [3.8, 4) is 44.9 Å². The van der Waals surface area contributed by atoms with Crippen LogP contribution >= 0.6 is 0 Å². The third-order valence-corrected chi connectivity index (χ3v) is 10.9. The molecule has 10 rings (SSSR count). The molecule has 0 aliphatic carbocycles. The van der Waals surface area contributed by atoms with Crippen LogP contribution < -0.4 is 9.80 Å². The molecule has 0 fully saturated rings. The lowest BCUT2D eigenvalue weighted by Gasteiger charge is -2.26. The largest absolute Gasteiger partial charge is 0.311 e. The Balaban J connectivity index is 0.000000162. The standard InChI is InChI=1S/C29H23N3.C28H22N4/c1-22-2-8-27(9-3-22)32(28-10-4-23(5-11-28)25-14-18-30-19-15-25)29-12-6-24(7-13-29)26-16-20-31-21-17-26;1-21-6-12-24(13-7-21)32(25-14-8-22(9-15-25)27-5-2-3-18-29-27)26-16-10-23(11-17-26)28-30-19-4-20-31-28/h2-21H,1H3;2-20H,1H3. The van der Waals surface area contributed by atoms with Gasteiger partial charge in [-0.05, 0) is 163 Å². The van der Waals surface area contributed by atoms with E-state index in [2.05, 4.69) is 194 Å². The van der Waals surface area contributed by atoms with E-state index in [9.17, 15) is 0 Å². The number of aryl methyl sites for hydroxylation is 2. The van der Waals surface area contributed by atoms with E-state index in [0.717, 1.165) is 67.9 Å². The van der Waals surface area contributed by atoms with Crippen molar-refractivity contribution in [3.05, 3.63) is 249 Å². The predicted octanol–water partition coefficient (Wildman–Crippen LogP) is 14.6. The zero-order valence-electron chi connectivity index (χ0n) is 35.6. The second kappa shape index (κ2) is 19.4. The van der Waals surface area contributed by atoms with Crippen LogP contribution in [0.2, 0.25) is 0 Å². The number of hydrogen-bond donors (Lipinski definition) is 0. The second-order valence-electron chi connectivity index (χ2n) is 15.3. The van der Waals surface area contributed by atoms with E-state index in [1.54, 1.807) is 12.4 Å². The van der Waals surface area contributed by atoms with Gasteiger partial charge in [0.2, 0.25) is 0 Å². The minimum Gasteiger partial charge on any atom is -0.311 e. The van der Waals surface area contributed by atoms with Gasteiger partial charge < -0.3 is 9.80 Å². The van der Waals surface area contributed by atoms with Crippen molar-refractivity contribution in [3.63, 3.8) is 0 Å². The molecule has 0 saturated heterocycles. The first-order chi connectivity index (χ1) is 31.6. The minimum atomic E-state index is 0.723. The van der Waals surface area contributed by atoms with Crippen LogP contribution in [0.4, 0.5) is 34.1 Å². The average Bonchev–Trinajstić information content (AvgIpc) is 3.37. The van der Waals surface area contributed by atoms with Crippen LogP contribution in [0.25, 0.3) is 44.9 Å². The Labute approximate surface area is 374 Å². The maximum atomic E-state index is 4.46. The highest BCUT2D eigenvalue weighted by Crippen LogP contribution is 2.38. The van der Waals surface area contributed by atoms with Gasteiger partial charge in [-0.25, -0.2) is 9.97 Å². The first-order valence-electron chi connectivity index (χ1n) is 21.2. The predicted molar refractivity (Wildman–Crippen MR) is 262 cm³/mol. The molecule has 4 aromatic heterocycles. The summed E-state index contributed by atoms with van der Waals surface area (Å²) in [7, 11) is 0. The summed E-state index contributed by atoms with van der Waals surface area (Å²) < 4.78 is 0. The Hall–Kier alpha value is -8.55. The fourth-order valence-electron chi connectivity index (χ4n) is 7.50. The van der Waals surface area contributed by atoms with Gasteiger partial charge in [-0.1, -0.05) is 77.9 Å². The number of pyridine rings is 3. The summed E-state index contributed by atoms with van der Waals surface area (Å²) in [5.41, 5.74) is 16.8. The maximum absolute atomic E-state index is 4.46. The van der Waals surface area contributed by atoms with Crippen LogP contribution in [0.3, 0.4) is 0 Å². The Kier molecular flexibility index (Phi) is 12.4. The van der Waals surface area contributed by atoms with Crippen LogP contribution in [-0.4, -0.2) is 24.9 Å². The number of nitrogens with zero attached hydrogens (tertiary/aromatic N) is 7. The Morgan fingerprint density at radius 3 is 0.969 bits per heavy atom. The normalized spacial score (nSPS) is 10.7. The zero-order valence-corrected chi connectivity index (χ0v) is 35.6. The summed E-state index contributed by atoms with van der Waals surface area (Å²) in [5, 5.41) is 0. The molecule has 10 aromatic rings. The van der Waals surface area contributed by atoms with E-state index in [-0.39, 0.29) is 0 Å². The van der Waals surface area contributed by atoms with Gasteiger partial charge in [-0.3, -0.25) is 15.0 Å². The van der Waals surface area contributed by atoms with Crippen molar-refractivity contribution in [2.45, 2.75) is 13.8 Å². The van der Waals surface area contributed by atoms with Gasteiger partial charge in [-0.15, -0.1) is 0 Å². The van der Waals surface area contributed by atoms with Gasteiger partial charge >= 0.3 is 0 Å². The molecule has 7 heteroatoms. The topological polar surface area (TPSA) is 70.9 Å². The Morgan fingerprint density at radius 2 is 0.594 bits per heavy atom. The first-order valence-corrected chi connectivity index (χ1v) is 21.2. The van der Waals surface area contributed by atoms with Gasteiger partial charge in [0, 0.05) is 88.6 Å². The quantitative estimate of drug-likeness (QED) is 0.136. The summed E-state index contributed by atoms with van der Waals surface area (Å²) >= 11 is 0. The highest BCUT2D eigenvalue weighted by atomic mass is 15.1. The molecular formula is C57H45N7. The average molecular weight is 828 g/mol. The van der Waals surface area contributed by atoms with Gasteiger partial charge in [0.05, 0.1) is 5.69 Å². The van der Waals surface area contributed by atoms with Crippen LogP contribution in [0.15, 0.2) is 238 Å². The fraction of sp³-hybridized carbons (Fsp3) is 0.0351. The minimum absolute atomic E-state index is 0.723. The summed E-state index contributed by atoms with van der Waals surface area (Å²) in [6.45, 7) is 4.21. The summed E-state index contributed by atoms with van der Waals surface area (Å²) in [6.07, 6.45) is 12.6. The highest BCUT2D eigenvalue weighted by molar-refractivity contribution is 5.81. The lowest BCUT2D eigenvalue weighted by molar-refractivity contribution is 1.17. The van der Waals surface area contributed by atoms with Crippen LogP contribution in [0.5, 0.6) is 0 Å². The highest BCUT2D eigenvalue weighted by Gasteiger charge is 2.15. The van der Waals surface area contributed by atoms with Crippen LogP contribution in [0, 0.1) is 13.8 Å². The summed E-state index contributed by atoms with van der Waals surface area (Å²) in [5.74, 6) is 0.723. The number of rotatable bonds is 10. The monoisotopic (exact) mass is 827 g/mol. The van der Waals surface area contributed by atoms with E-state index in [1.165, 1.54) is 22.3 Å². The van der Waals surface area contributed by atoms with Gasteiger partial charge in [0.15, 0.2) is 5.82 Å². The molecule has 0 spiro atoms. The number of benzene rings is 6. The Bertz CT molecular complexity index is 2610. The van der Waals surface area contributed by atoms with Crippen LogP contribution in [0.1, 0.15) is 11.1 Å². The lowest BCUT2D eigenvalue weighted by Crippen LogP contribution is -2.09. The molecule has 0 aliphatic heterocycles. The van der Waals surface area contributed by atoms with Gasteiger partial charge in [0.25, 0.3) is 0 Å². The molecule has 0 saturated carbocycles. The molecule has 6 aromatic carbocycles. The van der Waals surface area contributed by atoms with Gasteiger partial charge in [0.1, 0.15) is 0 Å². The van der Waals surface area contributed by atoms with E-state index >= 15 is 0 Å². The SMILES string of the molecule is Cc1ccc(N(c2ccc(-c3ccccn3)cc2)c2ccc(-c3ncccn3)cc2)cc1.Cc1ccc(N(c2ccc(-c3ccncc3)cc2)c2ccc(-c3ccncc3)cc2)cc1. The molecular weight excluding hydrogens is 783 g/mol. The second-order valence-corrected chi connectivity index (χ2v) is 15.3. The fourth-order valence-corrected chi connectivity index (χ4v) is 7.50. The van der Waals surface area contributed by atoms with Crippen molar-refractivity contribution in [2.24, 2.45) is 0 Å². The number of aromatic nitrogens is 5. The lowest BCUT2D eigenvalue weighted by atomic mass is 10.0. The third kappa shape index (κ3) is 9.65.